The molecule has 0 fully saturated rings. The van der Waals surface area contributed by atoms with Crippen LogP contribution in [-0.2, 0) is 0 Å². The highest BCUT2D eigenvalue weighted by molar-refractivity contribution is 7.64. The Morgan fingerprint density at radius 2 is 1.00 bits per heavy atom. The second-order valence-electron chi connectivity index (χ2n) is 5.64. The summed E-state index contributed by atoms with van der Waals surface area (Å²) in [5.41, 5.74) is 4.43. The zero-order valence-corrected chi connectivity index (χ0v) is 14.3. The molecule has 2 aromatic rings. The second kappa shape index (κ2) is 5.99. The molecule has 0 N–H and O–H groups in total. The van der Waals surface area contributed by atoms with Gasteiger partial charge in [0.05, 0.1) is 0 Å². The molecule has 0 spiro atoms. The van der Waals surface area contributed by atoms with Crippen molar-refractivity contribution in [2.24, 2.45) is 0 Å². The average molecular weight is 302 g/mol. The summed E-state index contributed by atoms with van der Waals surface area (Å²) in [6.07, 6.45) is 4.19. The van der Waals surface area contributed by atoms with E-state index in [0.717, 1.165) is 33.8 Å². The van der Waals surface area contributed by atoms with Gasteiger partial charge in [0.1, 0.15) is 11.5 Å². The van der Waals surface area contributed by atoms with Crippen molar-refractivity contribution in [1.29, 1.82) is 0 Å². The van der Waals surface area contributed by atoms with Crippen LogP contribution in [0.1, 0.15) is 22.3 Å². The number of hydrogen-bond donors (Lipinski definition) is 0. The van der Waals surface area contributed by atoms with Gasteiger partial charge in [-0.2, -0.15) is 0 Å². The molecule has 0 amide bonds. The lowest BCUT2D eigenvalue weighted by Gasteiger charge is -2.25. The van der Waals surface area contributed by atoms with E-state index in [4.69, 9.17) is 9.05 Å². The van der Waals surface area contributed by atoms with Gasteiger partial charge in [-0.1, -0.05) is 36.4 Å². The van der Waals surface area contributed by atoms with Crippen molar-refractivity contribution in [3.8, 4) is 11.5 Å². The van der Waals surface area contributed by atoms with Gasteiger partial charge >= 0.3 is 0 Å². The number of para-hydroxylation sites is 2. The van der Waals surface area contributed by atoms with Crippen molar-refractivity contribution < 1.29 is 9.05 Å². The van der Waals surface area contributed by atoms with Gasteiger partial charge in [-0.25, -0.2) is 0 Å². The molecule has 0 aliphatic heterocycles. The Balaban J connectivity index is 2.29. The highest BCUT2D eigenvalue weighted by Crippen LogP contribution is 2.47. The molecule has 0 aliphatic carbocycles. The SMILES string of the molecule is C=P(C)(Oc1c(C)cccc1C)Oc1c(C)cccc1C. The topological polar surface area (TPSA) is 18.5 Å². The lowest BCUT2D eigenvalue weighted by atomic mass is 10.1. The number of hydrogen-bond acceptors (Lipinski definition) is 2. The Bertz CT molecular complexity index is 606. The van der Waals surface area contributed by atoms with Crippen LogP contribution >= 0.6 is 7.34 Å². The van der Waals surface area contributed by atoms with Crippen LogP contribution in [0.25, 0.3) is 0 Å². The van der Waals surface area contributed by atoms with Crippen molar-refractivity contribution in [2.45, 2.75) is 27.7 Å². The number of benzene rings is 2. The molecule has 3 heteroatoms. The Kier molecular flexibility index (Phi) is 4.49. The fraction of sp³-hybridized carbons (Fsp3) is 0.278. The maximum absolute atomic E-state index is 6.16. The fourth-order valence-corrected chi connectivity index (χ4v) is 3.68. The predicted molar refractivity (Wildman–Crippen MR) is 93.1 cm³/mol. The Morgan fingerprint density at radius 1 is 0.714 bits per heavy atom. The molecule has 0 aromatic heterocycles. The van der Waals surface area contributed by atoms with E-state index < -0.39 is 7.34 Å². The monoisotopic (exact) mass is 302 g/mol. The third-order valence-corrected chi connectivity index (χ3v) is 4.52. The minimum Gasteiger partial charge on any atom is -0.443 e. The van der Waals surface area contributed by atoms with Crippen molar-refractivity contribution in [2.75, 3.05) is 6.66 Å². The Labute approximate surface area is 127 Å². The van der Waals surface area contributed by atoms with Gasteiger partial charge < -0.3 is 9.05 Å². The van der Waals surface area contributed by atoms with E-state index in [9.17, 15) is 0 Å². The number of rotatable bonds is 4. The molecule has 21 heavy (non-hydrogen) atoms. The van der Waals surface area contributed by atoms with E-state index in [1.165, 1.54) is 0 Å². The van der Waals surface area contributed by atoms with Gasteiger partial charge in [0.15, 0.2) is 0 Å². The largest absolute Gasteiger partial charge is 0.443 e. The highest BCUT2D eigenvalue weighted by Gasteiger charge is 2.17. The molecule has 0 aliphatic rings. The first-order valence-electron chi connectivity index (χ1n) is 7.02. The second-order valence-corrected chi connectivity index (χ2v) is 8.03. The van der Waals surface area contributed by atoms with Crippen LogP contribution in [-0.4, -0.2) is 13.0 Å². The van der Waals surface area contributed by atoms with E-state index in [0.29, 0.717) is 0 Å². The molecule has 2 rings (SSSR count). The first-order valence-corrected chi connectivity index (χ1v) is 9.28. The van der Waals surface area contributed by atoms with Gasteiger partial charge in [0, 0.05) is 6.66 Å². The summed E-state index contributed by atoms with van der Waals surface area (Å²) in [6.45, 7) is 10.1. The van der Waals surface area contributed by atoms with Gasteiger partial charge in [0.25, 0.3) is 0 Å². The lowest BCUT2D eigenvalue weighted by molar-refractivity contribution is 0.483. The lowest BCUT2D eigenvalue weighted by Crippen LogP contribution is -2.03. The first-order chi connectivity index (χ1) is 9.80. The summed E-state index contributed by atoms with van der Waals surface area (Å²) in [4.78, 5) is 0. The summed E-state index contributed by atoms with van der Waals surface area (Å²) in [5, 5.41) is 0. The molecule has 2 aromatic carbocycles. The predicted octanol–water partition coefficient (Wildman–Crippen LogP) is 5.29. The van der Waals surface area contributed by atoms with Crippen molar-refractivity contribution in [1.82, 2.24) is 0 Å². The van der Waals surface area contributed by atoms with Crippen LogP contribution in [0.5, 0.6) is 11.5 Å². The molecule has 0 radical (unpaired) electrons. The maximum atomic E-state index is 6.16. The summed E-state index contributed by atoms with van der Waals surface area (Å²) in [5.74, 6) is 1.77. The van der Waals surface area contributed by atoms with Gasteiger partial charge in [-0.05, 0) is 56.2 Å². The van der Waals surface area contributed by atoms with Crippen molar-refractivity contribution in [3.05, 3.63) is 58.7 Å². The van der Waals surface area contributed by atoms with Crippen LogP contribution in [0.3, 0.4) is 0 Å². The van der Waals surface area contributed by atoms with E-state index in [2.05, 4.69) is 6.30 Å². The Hall–Kier alpha value is -1.66. The third kappa shape index (κ3) is 3.71. The molecule has 0 saturated carbocycles. The van der Waals surface area contributed by atoms with Crippen LogP contribution in [0.15, 0.2) is 36.4 Å². The molecule has 0 heterocycles. The minimum absolute atomic E-state index is 0.884. The van der Waals surface area contributed by atoms with Gasteiger partial charge in [-0.15, -0.1) is 0 Å². The number of aryl methyl sites for hydroxylation is 4. The highest BCUT2D eigenvalue weighted by atomic mass is 31.2. The molecule has 0 atom stereocenters. The van der Waals surface area contributed by atoms with E-state index >= 15 is 0 Å². The van der Waals surface area contributed by atoms with Crippen LogP contribution < -0.4 is 9.05 Å². The van der Waals surface area contributed by atoms with Crippen molar-refractivity contribution >= 4 is 13.6 Å². The van der Waals surface area contributed by atoms with E-state index in [1.807, 2.05) is 70.8 Å². The third-order valence-electron chi connectivity index (χ3n) is 3.39. The molecule has 0 saturated heterocycles. The molecule has 112 valence electrons. The summed E-state index contributed by atoms with van der Waals surface area (Å²) in [7, 11) is -2.24. The first kappa shape index (κ1) is 15.7. The van der Waals surface area contributed by atoms with Crippen LogP contribution in [0, 0.1) is 27.7 Å². The molecule has 0 bridgehead atoms. The zero-order chi connectivity index (χ0) is 15.6. The molecule has 2 nitrogen and oxygen atoms in total. The molecular formula is C18H23O2P. The van der Waals surface area contributed by atoms with Crippen LogP contribution in [0.4, 0.5) is 0 Å². The molecule has 0 unspecified atom stereocenters. The smallest absolute Gasteiger partial charge is 0.212 e. The van der Waals surface area contributed by atoms with Gasteiger partial charge in [-0.3, -0.25) is 0 Å². The normalized spacial score (nSPS) is 11.3. The van der Waals surface area contributed by atoms with Crippen molar-refractivity contribution in [3.63, 3.8) is 0 Å². The summed E-state index contributed by atoms with van der Waals surface area (Å²) >= 11 is 0. The minimum atomic E-state index is -2.24. The molecular weight excluding hydrogens is 279 g/mol. The fourth-order valence-electron chi connectivity index (χ4n) is 2.29. The maximum Gasteiger partial charge on any atom is 0.212 e. The summed E-state index contributed by atoms with van der Waals surface area (Å²) in [6, 6.07) is 12.2. The van der Waals surface area contributed by atoms with Gasteiger partial charge in [0.2, 0.25) is 7.34 Å². The summed E-state index contributed by atoms with van der Waals surface area (Å²) < 4.78 is 12.3. The average Bonchev–Trinajstić information content (AvgIpc) is 2.39. The van der Waals surface area contributed by atoms with E-state index in [-0.39, 0.29) is 0 Å². The quantitative estimate of drug-likeness (QED) is 0.715. The zero-order valence-electron chi connectivity index (χ0n) is 13.4. The standard InChI is InChI=1S/C18H23O2P/c1-13-9-7-10-14(2)17(13)19-21(5,6)20-18-15(3)11-8-12-16(18)4/h7-12H,5H2,1-4,6H3. The van der Waals surface area contributed by atoms with E-state index in [1.54, 1.807) is 0 Å². The Morgan fingerprint density at radius 3 is 1.29 bits per heavy atom. The van der Waals surface area contributed by atoms with Crippen LogP contribution in [0.2, 0.25) is 0 Å².